The Balaban J connectivity index is 3.09. The summed E-state index contributed by atoms with van der Waals surface area (Å²) in [4.78, 5) is 37.4. The van der Waals surface area contributed by atoms with Crippen LogP contribution in [0.3, 0.4) is 0 Å². The van der Waals surface area contributed by atoms with Gasteiger partial charge in [0.15, 0.2) is 0 Å². The van der Waals surface area contributed by atoms with E-state index >= 15 is 0 Å². The van der Waals surface area contributed by atoms with Gasteiger partial charge < -0.3 is 14.5 Å². The fourth-order valence-corrected chi connectivity index (χ4v) is 2.20. The van der Waals surface area contributed by atoms with Crippen LogP contribution in [0.4, 0.5) is 11.4 Å². The van der Waals surface area contributed by atoms with Crippen LogP contribution >= 0.6 is 0 Å². The van der Waals surface area contributed by atoms with Crippen LogP contribution in [0.25, 0.3) is 0 Å². The minimum Gasteiger partial charge on any atom is -0.465 e. The largest absolute Gasteiger partial charge is 0.465 e. The second kappa shape index (κ2) is 8.11. The summed E-state index contributed by atoms with van der Waals surface area (Å²) in [7, 11) is 2.80. The maximum Gasteiger partial charge on any atom is 0.338 e. The van der Waals surface area contributed by atoms with E-state index in [1.165, 1.54) is 24.1 Å². The Bertz CT molecular complexity index is 599. The Labute approximate surface area is 134 Å². The second-order valence-electron chi connectivity index (χ2n) is 4.87. The molecule has 0 spiro atoms. The molecule has 0 saturated carbocycles. The van der Waals surface area contributed by atoms with Gasteiger partial charge in [-0.1, -0.05) is 0 Å². The van der Waals surface area contributed by atoms with Crippen molar-refractivity contribution in [2.45, 2.75) is 13.8 Å². The summed E-state index contributed by atoms with van der Waals surface area (Å²) < 4.78 is 4.56. The number of nitro groups is 1. The zero-order valence-electron chi connectivity index (χ0n) is 13.7. The molecule has 8 nitrogen and oxygen atoms in total. The summed E-state index contributed by atoms with van der Waals surface area (Å²) in [5, 5.41) is 11.3. The highest BCUT2D eigenvalue weighted by Crippen LogP contribution is 2.28. The zero-order chi connectivity index (χ0) is 17.6. The van der Waals surface area contributed by atoms with Crippen LogP contribution < -0.4 is 4.90 Å². The number of benzene rings is 1. The lowest BCUT2D eigenvalue weighted by atomic mass is 10.1. The van der Waals surface area contributed by atoms with Gasteiger partial charge in [0.05, 0.1) is 24.1 Å². The van der Waals surface area contributed by atoms with E-state index < -0.39 is 10.9 Å². The number of ether oxygens (including phenoxy) is 1. The number of amides is 1. The number of nitrogens with zero attached hydrogens (tertiary/aromatic N) is 3. The van der Waals surface area contributed by atoms with Gasteiger partial charge in [-0.05, 0) is 26.0 Å². The predicted molar refractivity (Wildman–Crippen MR) is 85.6 cm³/mol. The van der Waals surface area contributed by atoms with Gasteiger partial charge in [0.1, 0.15) is 5.69 Å². The molecule has 0 unspecified atom stereocenters. The number of rotatable bonds is 7. The molecular formula is C15H21N3O5. The van der Waals surface area contributed by atoms with Crippen LogP contribution in [0.2, 0.25) is 0 Å². The van der Waals surface area contributed by atoms with Gasteiger partial charge in [0.2, 0.25) is 5.91 Å². The van der Waals surface area contributed by atoms with Crippen LogP contribution in [0.5, 0.6) is 0 Å². The zero-order valence-corrected chi connectivity index (χ0v) is 13.7. The Hall–Kier alpha value is -2.64. The molecule has 0 bridgehead atoms. The highest BCUT2D eigenvalue weighted by Gasteiger charge is 2.22. The van der Waals surface area contributed by atoms with Gasteiger partial charge in [-0.15, -0.1) is 0 Å². The standard InChI is InChI=1S/C15H21N3O5/c1-5-17(6-2)14(19)10-16(3)12-8-7-11(15(20)23-4)9-13(12)18(21)22/h7-9H,5-6,10H2,1-4H3. The SMILES string of the molecule is CCN(CC)C(=O)CN(C)c1ccc(C(=O)OC)cc1[N+](=O)[O-]. The average Bonchev–Trinajstić information content (AvgIpc) is 2.54. The molecule has 1 aromatic carbocycles. The lowest BCUT2D eigenvalue weighted by Crippen LogP contribution is -2.39. The number of hydrogen-bond acceptors (Lipinski definition) is 6. The van der Waals surface area contributed by atoms with Crippen LogP contribution in [-0.4, -0.2) is 55.5 Å². The van der Waals surface area contributed by atoms with Crippen LogP contribution in [-0.2, 0) is 9.53 Å². The van der Waals surface area contributed by atoms with Crippen molar-refractivity contribution < 1.29 is 19.2 Å². The average molecular weight is 323 g/mol. The molecule has 23 heavy (non-hydrogen) atoms. The molecule has 0 N–H and O–H groups in total. The molecule has 0 saturated heterocycles. The quantitative estimate of drug-likeness (QED) is 0.430. The van der Waals surface area contributed by atoms with E-state index in [2.05, 4.69) is 4.74 Å². The van der Waals surface area contributed by atoms with E-state index in [0.29, 0.717) is 13.1 Å². The molecule has 0 atom stereocenters. The van der Waals surface area contributed by atoms with Crippen molar-refractivity contribution in [3.05, 3.63) is 33.9 Å². The number of esters is 1. The van der Waals surface area contributed by atoms with Crippen LogP contribution in [0, 0.1) is 10.1 Å². The Kier molecular flexibility index (Phi) is 6.49. The number of carbonyl (C=O) groups is 2. The molecule has 0 aliphatic carbocycles. The van der Waals surface area contributed by atoms with Gasteiger partial charge in [-0.3, -0.25) is 14.9 Å². The lowest BCUT2D eigenvalue weighted by molar-refractivity contribution is -0.384. The molecular weight excluding hydrogens is 302 g/mol. The predicted octanol–water partition coefficient (Wildman–Crippen LogP) is 1.69. The fraction of sp³-hybridized carbons (Fsp3) is 0.467. The van der Waals surface area contributed by atoms with Crippen molar-refractivity contribution in [1.82, 2.24) is 4.90 Å². The van der Waals surface area contributed by atoms with E-state index in [-0.39, 0.29) is 29.4 Å². The highest BCUT2D eigenvalue weighted by molar-refractivity contribution is 5.91. The van der Waals surface area contributed by atoms with Gasteiger partial charge in [-0.2, -0.15) is 0 Å². The Morgan fingerprint density at radius 3 is 2.35 bits per heavy atom. The van der Waals surface area contributed by atoms with Crippen molar-refractivity contribution in [3.63, 3.8) is 0 Å². The Morgan fingerprint density at radius 2 is 1.87 bits per heavy atom. The number of likely N-dealkylation sites (N-methyl/N-ethyl adjacent to an activating group) is 2. The maximum absolute atomic E-state index is 12.1. The monoisotopic (exact) mass is 323 g/mol. The number of nitro benzene ring substituents is 1. The van der Waals surface area contributed by atoms with Crippen molar-refractivity contribution in [2.75, 3.05) is 38.7 Å². The van der Waals surface area contributed by atoms with E-state index in [1.807, 2.05) is 13.8 Å². The van der Waals surface area contributed by atoms with E-state index in [1.54, 1.807) is 11.9 Å². The van der Waals surface area contributed by atoms with E-state index in [9.17, 15) is 19.7 Å². The van der Waals surface area contributed by atoms with Crippen LogP contribution in [0.15, 0.2) is 18.2 Å². The van der Waals surface area contributed by atoms with Crippen LogP contribution in [0.1, 0.15) is 24.2 Å². The first-order chi connectivity index (χ1) is 10.8. The van der Waals surface area contributed by atoms with E-state index in [4.69, 9.17) is 0 Å². The molecule has 0 heterocycles. The molecule has 1 rings (SSSR count). The molecule has 0 fully saturated rings. The molecule has 0 radical (unpaired) electrons. The normalized spacial score (nSPS) is 10.1. The third-order valence-electron chi connectivity index (χ3n) is 3.49. The molecule has 1 aromatic rings. The van der Waals surface area contributed by atoms with Gasteiger partial charge in [0.25, 0.3) is 5.69 Å². The lowest BCUT2D eigenvalue weighted by Gasteiger charge is -2.24. The summed E-state index contributed by atoms with van der Waals surface area (Å²) in [6, 6.07) is 4.03. The Morgan fingerprint density at radius 1 is 1.26 bits per heavy atom. The molecule has 0 aliphatic heterocycles. The number of hydrogen-bond donors (Lipinski definition) is 0. The third-order valence-corrected chi connectivity index (χ3v) is 3.49. The molecule has 8 heteroatoms. The molecule has 0 aliphatic rings. The van der Waals surface area contributed by atoms with Crippen molar-refractivity contribution in [3.8, 4) is 0 Å². The molecule has 0 aromatic heterocycles. The van der Waals surface area contributed by atoms with E-state index in [0.717, 1.165) is 6.07 Å². The summed E-state index contributed by atoms with van der Waals surface area (Å²) in [5.74, 6) is -0.773. The summed E-state index contributed by atoms with van der Waals surface area (Å²) in [5.41, 5.74) is 0.109. The number of anilines is 1. The summed E-state index contributed by atoms with van der Waals surface area (Å²) in [6.45, 7) is 4.91. The second-order valence-corrected chi connectivity index (χ2v) is 4.87. The number of carbonyl (C=O) groups excluding carboxylic acids is 2. The molecule has 1 amide bonds. The molecule has 126 valence electrons. The number of methoxy groups -OCH3 is 1. The minimum atomic E-state index is -0.651. The van der Waals surface area contributed by atoms with Gasteiger partial charge >= 0.3 is 5.97 Å². The van der Waals surface area contributed by atoms with Crippen molar-refractivity contribution in [2.24, 2.45) is 0 Å². The minimum absolute atomic E-state index is 0.0140. The fourth-order valence-electron chi connectivity index (χ4n) is 2.20. The van der Waals surface area contributed by atoms with Gasteiger partial charge in [-0.25, -0.2) is 4.79 Å². The third kappa shape index (κ3) is 4.41. The van der Waals surface area contributed by atoms with Gasteiger partial charge in [0, 0.05) is 26.2 Å². The first-order valence-electron chi connectivity index (χ1n) is 7.21. The summed E-state index contributed by atoms with van der Waals surface area (Å²) >= 11 is 0. The summed E-state index contributed by atoms with van der Waals surface area (Å²) in [6.07, 6.45) is 0. The first-order valence-corrected chi connectivity index (χ1v) is 7.21. The smallest absolute Gasteiger partial charge is 0.338 e. The topological polar surface area (TPSA) is 93.0 Å². The van der Waals surface area contributed by atoms with Crippen molar-refractivity contribution >= 4 is 23.3 Å². The highest BCUT2D eigenvalue weighted by atomic mass is 16.6. The van der Waals surface area contributed by atoms with Crippen molar-refractivity contribution in [1.29, 1.82) is 0 Å². The maximum atomic E-state index is 12.1. The first kappa shape index (κ1) is 18.4.